The van der Waals surface area contributed by atoms with Gasteiger partial charge in [0.15, 0.2) is 0 Å². The lowest BCUT2D eigenvalue weighted by Gasteiger charge is -2.14. The molecule has 1 atom stereocenters. The van der Waals surface area contributed by atoms with Crippen LogP contribution in [-0.4, -0.2) is 0 Å². The van der Waals surface area contributed by atoms with E-state index in [2.05, 4.69) is 0 Å². The number of aryl methyl sites for hydroxylation is 1. The molecule has 2 N–H and O–H groups in total. The molecular formula is C10H12FN. The monoisotopic (exact) mass is 165 g/mol. The lowest BCUT2D eigenvalue weighted by Crippen LogP contribution is -2.09. The lowest BCUT2D eigenvalue weighted by molar-refractivity contribution is 0.194. The number of rotatable bonds is 0. The molecule has 1 aliphatic rings. The number of anilines is 1. The summed E-state index contributed by atoms with van der Waals surface area (Å²) in [7, 11) is 0. The number of nitrogen functional groups attached to an aromatic ring is 1. The fourth-order valence-electron chi connectivity index (χ4n) is 1.80. The smallest absolute Gasteiger partial charge is 0.133 e. The van der Waals surface area contributed by atoms with Crippen LogP contribution >= 0.6 is 0 Å². The van der Waals surface area contributed by atoms with Crippen molar-refractivity contribution >= 4 is 5.69 Å². The normalized spacial score (nSPS) is 27.2. The SMILES string of the molecule is CC1(F)CCc2ccc(N)cc21. The Balaban J connectivity index is 2.57. The number of alkyl halides is 1. The lowest BCUT2D eigenvalue weighted by atomic mass is 10.00. The maximum Gasteiger partial charge on any atom is 0.133 e. The highest BCUT2D eigenvalue weighted by molar-refractivity contribution is 5.49. The van der Waals surface area contributed by atoms with Gasteiger partial charge in [-0.2, -0.15) is 0 Å². The summed E-state index contributed by atoms with van der Waals surface area (Å²) < 4.78 is 13.7. The van der Waals surface area contributed by atoms with E-state index in [1.54, 1.807) is 13.0 Å². The van der Waals surface area contributed by atoms with Crippen LogP contribution in [0.1, 0.15) is 24.5 Å². The third kappa shape index (κ3) is 0.986. The van der Waals surface area contributed by atoms with Gasteiger partial charge in [0.1, 0.15) is 5.67 Å². The van der Waals surface area contributed by atoms with Crippen molar-refractivity contribution in [2.75, 3.05) is 5.73 Å². The number of hydrogen-bond donors (Lipinski definition) is 1. The van der Waals surface area contributed by atoms with E-state index in [1.165, 1.54) is 0 Å². The molecule has 1 nitrogen and oxygen atoms in total. The second-order valence-corrected chi connectivity index (χ2v) is 3.61. The zero-order valence-electron chi connectivity index (χ0n) is 7.10. The van der Waals surface area contributed by atoms with Gasteiger partial charge in [0.2, 0.25) is 0 Å². The van der Waals surface area contributed by atoms with Crippen molar-refractivity contribution in [1.29, 1.82) is 0 Å². The van der Waals surface area contributed by atoms with E-state index in [4.69, 9.17) is 5.73 Å². The molecule has 2 rings (SSSR count). The van der Waals surface area contributed by atoms with Gasteiger partial charge in [-0.15, -0.1) is 0 Å². The van der Waals surface area contributed by atoms with Crippen molar-refractivity contribution in [3.8, 4) is 0 Å². The van der Waals surface area contributed by atoms with Crippen molar-refractivity contribution < 1.29 is 4.39 Å². The van der Waals surface area contributed by atoms with Crippen molar-refractivity contribution in [3.63, 3.8) is 0 Å². The summed E-state index contributed by atoms with van der Waals surface area (Å²) in [6.45, 7) is 1.62. The fraction of sp³-hybridized carbons (Fsp3) is 0.400. The largest absolute Gasteiger partial charge is 0.399 e. The predicted octanol–water partition coefficient (Wildman–Crippen LogP) is 2.40. The first-order valence-corrected chi connectivity index (χ1v) is 4.17. The molecule has 0 fully saturated rings. The summed E-state index contributed by atoms with van der Waals surface area (Å²) in [5.74, 6) is 0. The molecule has 12 heavy (non-hydrogen) atoms. The van der Waals surface area contributed by atoms with E-state index in [9.17, 15) is 4.39 Å². The first-order valence-electron chi connectivity index (χ1n) is 4.17. The van der Waals surface area contributed by atoms with Crippen LogP contribution in [0.5, 0.6) is 0 Å². The minimum absolute atomic E-state index is 0.589. The van der Waals surface area contributed by atoms with E-state index in [0.29, 0.717) is 12.1 Å². The van der Waals surface area contributed by atoms with E-state index >= 15 is 0 Å². The third-order valence-electron chi connectivity index (χ3n) is 2.56. The Bertz CT molecular complexity index is 318. The average Bonchev–Trinajstić information content (AvgIpc) is 2.28. The Hall–Kier alpha value is -1.05. The predicted molar refractivity (Wildman–Crippen MR) is 47.6 cm³/mol. The van der Waals surface area contributed by atoms with Crippen LogP contribution in [0.15, 0.2) is 18.2 Å². The number of halogens is 1. The second-order valence-electron chi connectivity index (χ2n) is 3.61. The Kier molecular flexibility index (Phi) is 1.40. The Morgan fingerprint density at radius 2 is 2.25 bits per heavy atom. The molecule has 0 bridgehead atoms. The van der Waals surface area contributed by atoms with Gasteiger partial charge >= 0.3 is 0 Å². The van der Waals surface area contributed by atoms with Crippen LogP contribution in [0.2, 0.25) is 0 Å². The van der Waals surface area contributed by atoms with Crippen LogP contribution in [-0.2, 0) is 12.1 Å². The zero-order valence-corrected chi connectivity index (χ0v) is 7.10. The molecule has 0 heterocycles. The first-order chi connectivity index (χ1) is 5.59. The molecule has 1 aliphatic carbocycles. The molecule has 2 heteroatoms. The van der Waals surface area contributed by atoms with Gasteiger partial charge in [0, 0.05) is 5.69 Å². The molecule has 0 saturated carbocycles. The molecule has 0 saturated heterocycles. The molecular weight excluding hydrogens is 153 g/mol. The zero-order chi connectivity index (χ0) is 8.77. The number of hydrogen-bond acceptors (Lipinski definition) is 1. The van der Waals surface area contributed by atoms with Gasteiger partial charge in [-0.1, -0.05) is 6.07 Å². The topological polar surface area (TPSA) is 26.0 Å². The van der Waals surface area contributed by atoms with Crippen molar-refractivity contribution in [3.05, 3.63) is 29.3 Å². The van der Waals surface area contributed by atoms with Crippen LogP contribution in [0.3, 0.4) is 0 Å². The standard InChI is InChI=1S/C10H12FN/c1-10(11)5-4-7-2-3-8(12)6-9(7)10/h2-3,6H,4-5,12H2,1H3. The van der Waals surface area contributed by atoms with Crippen LogP contribution in [0, 0.1) is 0 Å². The molecule has 0 amide bonds. The molecule has 1 aromatic rings. The highest BCUT2D eigenvalue weighted by Crippen LogP contribution is 2.40. The van der Waals surface area contributed by atoms with E-state index in [-0.39, 0.29) is 0 Å². The van der Waals surface area contributed by atoms with Gasteiger partial charge in [-0.05, 0) is 43.0 Å². The highest BCUT2D eigenvalue weighted by atomic mass is 19.1. The van der Waals surface area contributed by atoms with Gasteiger partial charge in [0.05, 0.1) is 0 Å². The molecule has 0 radical (unpaired) electrons. The van der Waals surface area contributed by atoms with Crippen molar-refractivity contribution in [2.24, 2.45) is 0 Å². The Morgan fingerprint density at radius 3 is 3.00 bits per heavy atom. The third-order valence-corrected chi connectivity index (χ3v) is 2.56. The second kappa shape index (κ2) is 2.22. The van der Waals surface area contributed by atoms with E-state index in [1.807, 2.05) is 12.1 Å². The van der Waals surface area contributed by atoms with E-state index < -0.39 is 5.67 Å². The van der Waals surface area contributed by atoms with Crippen molar-refractivity contribution in [1.82, 2.24) is 0 Å². The number of nitrogens with two attached hydrogens (primary N) is 1. The quantitative estimate of drug-likeness (QED) is 0.587. The number of fused-ring (bicyclic) bond motifs is 1. The molecule has 0 aliphatic heterocycles. The van der Waals surface area contributed by atoms with E-state index in [0.717, 1.165) is 17.5 Å². The summed E-state index contributed by atoms with van der Waals surface area (Å²) in [5, 5.41) is 0. The summed E-state index contributed by atoms with van der Waals surface area (Å²) >= 11 is 0. The molecule has 1 aromatic carbocycles. The minimum atomic E-state index is -1.16. The first kappa shape index (κ1) is 7.59. The van der Waals surface area contributed by atoms with Gasteiger partial charge in [-0.3, -0.25) is 0 Å². The number of benzene rings is 1. The highest BCUT2D eigenvalue weighted by Gasteiger charge is 2.33. The molecule has 64 valence electrons. The van der Waals surface area contributed by atoms with Gasteiger partial charge in [0.25, 0.3) is 0 Å². The fourth-order valence-corrected chi connectivity index (χ4v) is 1.80. The van der Waals surface area contributed by atoms with Gasteiger partial charge in [-0.25, -0.2) is 4.39 Å². The maximum atomic E-state index is 13.7. The summed E-state index contributed by atoms with van der Waals surface area (Å²) in [4.78, 5) is 0. The maximum absolute atomic E-state index is 13.7. The molecule has 0 spiro atoms. The summed E-state index contributed by atoms with van der Waals surface area (Å²) in [6.07, 6.45) is 1.42. The molecule has 0 aromatic heterocycles. The minimum Gasteiger partial charge on any atom is -0.399 e. The van der Waals surface area contributed by atoms with Crippen LogP contribution < -0.4 is 5.73 Å². The molecule has 1 unspecified atom stereocenters. The summed E-state index contributed by atoms with van der Waals surface area (Å²) in [6, 6.07) is 5.51. The summed E-state index contributed by atoms with van der Waals surface area (Å²) in [5.41, 5.74) is 6.96. The van der Waals surface area contributed by atoms with Crippen molar-refractivity contribution in [2.45, 2.75) is 25.4 Å². The Labute approximate surface area is 71.4 Å². The average molecular weight is 165 g/mol. The van der Waals surface area contributed by atoms with Gasteiger partial charge < -0.3 is 5.73 Å². The van der Waals surface area contributed by atoms with Crippen LogP contribution in [0.4, 0.5) is 10.1 Å². The Morgan fingerprint density at radius 1 is 1.50 bits per heavy atom. The van der Waals surface area contributed by atoms with Crippen LogP contribution in [0.25, 0.3) is 0 Å².